The lowest BCUT2D eigenvalue weighted by atomic mass is 10.0. The first-order valence-electron chi connectivity index (χ1n) is 6.21. The Morgan fingerprint density at radius 1 is 1.41 bits per heavy atom. The van der Waals surface area contributed by atoms with Gasteiger partial charge in [-0.15, -0.1) is 0 Å². The van der Waals surface area contributed by atoms with Gasteiger partial charge in [-0.3, -0.25) is 4.79 Å². The highest BCUT2D eigenvalue weighted by molar-refractivity contribution is 5.79. The summed E-state index contributed by atoms with van der Waals surface area (Å²) in [5.41, 5.74) is 3.91. The van der Waals surface area contributed by atoms with Crippen LogP contribution in [0.1, 0.15) is 16.7 Å². The zero-order chi connectivity index (χ0) is 12.3. The second-order valence-electron chi connectivity index (χ2n) is 4.83. The number of aryl methyl sites for hydroxylation is 2. The van der Waals surface area contributed by atoms with Crippen molar-refractivity contribution in [3.05, 3.63) is 34.9 Å². The first-order chi connectivity index (χ1) is 8.16. The molecule has 0 bridgehead atoms. The van der Waals surface area contributed by atoms with Crippen LogP contribution in [0, 0.1) is 19.8 Å². The van der Waals surface area contributed by atoms with Crippen LogP contribution >= 0.6 is 0 Å². The quantitative estimate of drug-likeness (QED) is 0.818. The summed E-state index contributed by atoms with van der Waals surface area (Å²) < 4.78 is 0. The van der Waals surface area contributed by atoms with Crippen LogP contribution in [0.4, 0.5) is 0 Å². The molecule has 0 radical (unpaired) electrons. The van der Waals surface area contributed by atoms with E-state index in [2.05, 4.69) is 42.7 Å². The van der Waals surface area contributed by atoms with E-state index < -0.39 is 0 Å². The van der Waals surface area contributed by atoms with Gasteiger partial charge < -0.3 is 10.6 Å². The molecule has 0 saturated carbocycles. The second kappa shape index (κ2) is 5.32. The van der Waals surface area contributed by atoms with E-state index in [9.17, 15) is 4.79 Å². The molecule has 1 amide bonds. The topological polar surface area (TPSA) is 41.1 Å². The number of benzene rings is 1. The zero-order valence-corrected chi connectivity index (χ0v) is 10.5. The van der Waals surface area contributed by atoms with Crippen molar-refractivity contribution in [2.75, 3.05) is 19.6 Å². The molecular formula is C14H20N2O. The maximum Gasteiger partial charge on any atom is 0.225 e. The Morgan fingerprint density at radius 3 is 2.82 bits per heavy atom. The molecule has 1 saturated heterocycles. The van der Waals surface area contributed by atoms with Gasteiger partial charge in [0.25, 0.3) is 0 Å². The predicted molar refractivity (Wildman–Crippen MR) is 69.0 cm³/mol. The van der Waals surface area contributed by atoms with E-state index in [-0.39, 0.29) is 11.8 Å². The highest BCUT2D eigenvalue weighted by Crippen LogP contribution is 2.11. The Hall–Kier alpha value is -1.35. The number of nitrogens with one attached hydrogen (secondary N) is 2. The molecule has 0 aliphatic carbocycles. The molecule has 1 aromatic rings. The number of carbonyl (C=O) groups is 1. The molecule has 3 nitrogen and oxygen atoms in total. The van der Waals surface area contributed by atoms with Gasteiger partial charge in [0.1, 0.15) is 0 Å². The largest absolute Gasteiger partial charge is 0.355 e. The van der Waals surface area contributed by atoms with Gasteiger partial charge in [0.05, 0.1) is 5.92 Å². The minimum Gasteiger partial charge on any atom is -0.355 e. The molecule has 1 aromatic carbocycles. The van der Waals surface area contributed by atoms with Crippen molar-refractivity contribution in [2.45, 2.75) is 20.3 Å². The summed E-state index contributed by atoms with van der Waals surface area (Å²) in [5, 5.41) is 6.11. The van der Waals surface area contributed by atoms with E-state index in [1.54, 1.807) is 0 Å². The van der Waals surface area contributed by atoms with Gasteiger partial charge in [-0.1, -0.05) is 23.8 Å². The van der Waals surface area contributed by atoms with E-state index in [0.717, 1.165) is 26.1 Å². The smallest absolute Gasteiger partial charge is 0.225 e. The molecule has 1 fully saturated rings. The molecule has 0 unspecified atom stereocenters. The van der Waals surface area contributed by atoms with Gasteiger partial charge in [-0.2, -0.15) is 0 Å². The highest BCUT2D eigenvalue weighted by Gasteiger charge is 2.24. The van der Waals surface area contributed by atoms with Crippen molar-refractivity contribution >= 4 is 5.91 Å². The van der Waals surface area contributed by atoms with Crippen LogP contribution in [0.2, 0.25) is 0 Å². The van der Waals surface area contributed by atoms with E-state index in [1.807, 2.05) is 0 Å². The van der Waals surface area contributed by atoms with Crippen molar-refractivity contribution in [3.63, 3.8) is 0 Å². The van der Waals surface area contributed by atoms with Crippen LogP contribution in [-0.2, 0) is 11.2 Å². The van der Waals surface area contributed by atoms with Crippen molar-refractivity contribution in [1.82, 2.24) is 10.6 Å². The third-order valence-corrected chi connectivity index (χ3v) is 3.35. The first-order valence-corrected chi connectivity index (χ1v) is 6.21. The Bertz CT molecular complexity index is 411. The van der Waals surface area contributed by atoms with Crippen molar-refractivity contribution in [2.24, 2.45) is 5.92 Å². The Morgan fingerprint density at radius 2 is 2.18 bits per heavy atom. The highest BCUT2D eigenvalue weighted by atomic mass is 16.2. The molecule has 2 N–H and O–H groups in total. The SMILES string of the molecule is Cc1ccc(C)c(CCNC(=O)C2CNC2)c1. The molecule has 3 heteroatoms. The number of hydrogen-bond donors (Lipinski definition) is 2. The zero-order valence-electron chi connectivity index (χ0n) is 10.5. The number of hydrogen-bond acceptors (Lipinski definition) is 2. The van der Waals surface area contributed by atoms with Crippen LogP contribution in [0.3, 0.4) is 0 Å². The van der Waals surface area contributed by atoms with Crippen molar-refractivity contribution in [1.29, 1.82) is 0 Å². The van der Waals surface area contributed by atoms with Crippen LogP contribution in [0.25, 0.3) is 0 Å². The Labute approximate surface area is 103 Å². The van der Waals surface area contributed by atoms with Crippen LogP contribution in [0.15, 0.2) is 18.2 Å². The summed E-state index contributed by atoms with van der Waals surface area (Å²) in [5.74, 6) is 0.377. The maximum atomic E-state index is 11.6. The lowest BCUT2D eigenvalue weighted by Gasteiger charge is -2.25. The fourth-order valence-corrected chi connectivity index (χ4v) is 2.01. The fourth-order valence-electron chi connectivity index (χ4n) is 2.01. The molecular weight excluding hydrogens is 212 g/mol. The van der Waals surface area contributed by atoms with Gasteiger partial charge in [-0.25, -0.2) is 0 Å². The lowest BCUT2D eigenvalue weighted by Crippen LogP contribution is -2.51. The van der Waals surface area contributed by atoms with Gasteiger partial charge in [0.2, 0.25) is 5.91 Å². The number of rotatable bonds is 4. The Kier molecular flexibility index (Phi) is 3.79. The van der Waals surface area contributed by atoms with E-state index in [1.165, 1.54) is 16.7 Å². The van der Waals surface area contributed by atoms with Crippen molar-refractivity contribution in [3.8, 4) is 0 Å². The van der Waals surface area contributed by atoms with Crippen molar-refractivity contribution < 1.29 is 4.79 Å². The van der Waals surface area contributed by atoms with Gasteiger partial charge in [0, 0.05) is 19.6 Å². The molecule has 0 spiro atoms. The van der Waals surface area contributed by atoms with Gasteiger partial charge >= 0.3 is 0 Å². The predicted octanol–water partition coefficient (Wildman–Crippen LogP) is 1.18. The summed E-state index contributed by atoms with van der Waals surface area (Å²) in [4.78, 5) is 11.6. The number of amides is 1. The van der Waals surface area contributed by atoms with E-state index in [4.69, 9.17) is 0 Å². The average molecular weight is 232 g/mol. The minimum absolute atomic E-state index is 0.189. The summed E-state index contributed by atoms with van der Waals surface area (Å²) in [6.45, 7) is 6.61. The van der Waals surface area contributed by atoms with Crippen LogP contribution in [-0.4, -0.2) is 25.5 Å². The third kappa shape index (κ3) is 3.07. The molecule has 1 aliphatic heterocycles. The summed E-state index contributed by atoms with van der Waals surface area (Å²) in [6.07, 6.45) is 0.916. The average Bonchev–Trinajstić information content (AvgIpc) is 2.20. The summed E-state index contributed by atoms with van der Waals surface area (Å²) in [7, 11) is 0. The molecule has 2 rings (SSSR count). The molecule has 0 aromatic heterocycles. The van der Waals surface area contributed by atoms with Gasteiger partial charge in [-0.05, 0) is 31.4 Å². The lowest BCUT2D eigenvalue weighted by molar-refractivity contribution is -0.126. The standard InChI is InChI=1S/C14H20N2O/c1-10-3-4-11(2)12(7-10)5-6-16-14(17)13-8-15-9-13/h3-4,7,13,15H,5-6,8-9H2,1-2H3,(H,16,17). The summed E-state index contributed by atoms with van der Waals surface area (Å²) >= 11 is 0. The minimum atomic E-state index is 0.189. The summed E-state index contributed by atoms with van der Waals surface area (Å²) in [6, 6.07) is 6.46. The maximum absolute atomic E-state index is 11.6. The monoisotopic (exact) mass is 232 g/mol. The molecule has 17 heavy (non-hydrogen) atoms. The number of carbonyl (C=O) groups excluding carboxylic acids is 1. The van der Waals surface area contributed by atoms with E-state index >= 15 is 0 Å². The molecule has 1 aliphatic rings. The van der Waals surface area contributed by atoms with Crippen LogP contribution in [0.5, 0.6) is 0 Å². The molecule has 1 heterocycles. The molecule has 92 valence electrons. The second-order valence-corrected chi connectivity index (χ2v) is 4.83. The fraction of sp³-hybridized carbons (Fsp3) is 0.500. The third-order valence-electron chi connectivity index (χ3n) is 3.35. The normalized spacial score (nSPS) is 15.4. The molecule has 0 atom stereocenters. The Balaban J connectivity index is 1.81. The first kappa shape index (κ1) is 12.1. The van der Waals surface area contributed by atoms with E-state index in [0.29, 0.717) is 0 Å². The van der Waals surface area contributed by atoms with Crippen LogP contribution < -0.4 is 10.6 Å². The van der Waals surface area contributed by atoms with Gasteiger partial charge in [0.15, 0.2) is 0 Å².